The van der Waals surface area contributed by atoms with E-state index in [0.717, 1.165) is 6.42 Å². The molecule has 2 N–H and O–H groups in total. The van der Waals surface area contributed by atoms with Crippen LogP contribution in [0.2, 0.25) is 0 Å². The first-order valence-electron chi connectivity index (χ1n) is 6.14. The normalized spacial score (nSPS) is 10.7. The number of nitriles is 1. The van der Waals surface area contributed by atoms with Gasteiger partial charge in [0, 0.05) is 6.54 Å². The van der Waals surface area contributed by atoms with Crippen LogP contribution in [0.1, 0.15) is 5.56 Å². The molecule has 0 radical (unpaired) electrons. The van der Waals surface area contributed by atoms with Gasteiger partial charge in [0.2, 0.25) is 5.96 Å². The molecule has 6 nitrogen and oxygen atoms in total. The van der Waals surface area contributed by atoms with Crippen LogP contribution in [0.5, 0.6) is 0 Å². The molecule has 0 aliphatic rings. The third-order valence-electron chi connectivity index (χ3n) is 2.51. The highest BCUT2D eigenvalue weighted by Gasteiger charge is 1.99. The van der Waals surface area contributed by atoms with E-state index < -0.39 is 0 Å². The van der Waals surface area contributed by atoms with Gasteiger partial charge in [0.25, 0.3) is 0 Å². The average molecular weight is 266 g/mol. The molecule has 0 saturated heterocycles. The summed E-state index contributed by atoms with van der Waals surface area (Å²) in [5.74, 6) is 0.387. The van der Waals surface area contributed by atoms with Crippen molar-refractivity contribution in [2.24, 2.45) is 4.99 Å². The minimum absolute atomic E-state index is 0.387. The van der Waals surface area contributed by atoms with Crippen LogP contribution >= 0.6 is 0 Å². The molecule has 6 heteroatoms. The minimum atomic E-state index is 0.387. The first-order valence-corrected chi connectivity index (χ1v) is 6.14. The summed E-state index contributed by atoms with van der Waals surface area (Å²) in [7, 11) is 0. The van der Waals surface area contributed by atoms with Gasteiger partial charge in [0.1, 0.15) is 6.33 Å². The van der Waals surface area contributed by atoms with E-state index in [4.69, 9.17) is 5.26 Å². The number of hydrogen-bond acceptors (Lipinski definition) is 4. The second-order valence-corrected chi connectivity index (χ2v) is 3.95. The van der Waals surface area contributed by atoms with Crippen molar-refractivity contribution >= 4 is 11.6 Å². The molecule has 0 fully saturated rings. The summed E-state index contributed by atoms with van der Waals surface area (Å²) in [5.41, 5.74) is 1.88. The first-order chi connectivity index (χ1) is 9.88. The molecule has 0 aliphatic carbocycles. The maximum atomic E-state index is 8.72. The molecule has 0 bridgehead atoms. The van der Waals surface area contributed by atoms with Crippen LogP contribution in [-0.2, 0) is 6.42 Å². The first kappa shape index (κ1) is 13.5. The molecule has 2 rings (SSSR count). The number of aromatic nitrogens is 2. The van der Waals surface area contributed by atoms with Gasteiger partial charge in [-0.15, -0.1) is 0 Å². The molecule has 0 saturated carbocycles. The Morgan fingerprint density at radius 3 is 2.65 bits per heavy atom. The van der Waals surface area contributed by atoms with Crippen LogP contribution in [0.15, 0.2) is 54.0 Å². The van der Waals surface area contributed by atoms with E-state index >= 15 is 0 Å². The molecule has 1 aromatic heterocycles. The maximum Gasteiger partial charge on any atom is 0.209 e. The van der Waals surface area contributed by atoms with Crippen molar-refractivity contribution in [3.05, 3.63) is 54.6 Å². The van der Waals surface area contributed by atoms with Crippen molar-refractivity contribution in [3.63, 3.8) is 0 Å². The van der Waals surface area contributed by atoms with Gasteiger partial charge in [0.15, 0.2) is 6.19 Å². The molecule has 2 aromatic rings. The van der Waals surface area contributed by atoms with Gasteiger partial charge in [-0.25, -0.2) is 9.97 Å². The predicted molar refractivity (Wildman–Crippen MR) is 76.9 cm³/mol. The van der Waals surface area contributed by atoms with Gasteiger partial charge in [-0.3, -0.25) is 10.3 Å². The Labute approximate surface area is 117 Å². The van der Waals surface area contributed by atoms with Crippen molar-refractivity contribution in [2.75, 3.05) is 11.9 Å². The van der Waals surface area contributed by atoms with Crippen LogP contribution in [0, 0.1) is 11.5 Å². The summed E-state index contributed by atoms with van der Waals surface area (Å²) in [5, 5.41) is 14.2. The quantitative estimate of drug-likeness (QED) is 0.379. The standard InChI is InChI=1S/C14H14N6/c15-10-19-14(20-13-8-16-11-17-9-13)18-7-6-12-4-2-1-3-5-12/h1-5,8-9,11H,6-7H2,(H2,18,19,20). The van der Waals surface area contributed by atoms with Gasteiger partial charge in [-0.05, 0) is 12.0 Å². The Balaban J connectivity index is 1.94. The predicted octanol–water partition coefficient (Wildman–Crippen LogP) is 1.56. The fourth-order valence-corrected chi connectivity index (χ4v) is 1.61. The second kappa shape index (κ2) is 7.48. The third kappa shape index (κ3) is 4.38. The SMILES string of the molecule is N#CNC(=NCCc1ccccc1)Nc1cncnc1. The summed E-state index contributed by atoms with van der Waals surface area (Å²) in [6, 6.07) is 10.1. The molecule has 1 heterocycles. The molecule has 100 valence electrons. The number of nitrogens with zero attached hydrogens (tertiary/aromatic N) is 4. The number of rotatable bonds is 4. The lowest BCUT2D eigenvalue weighted by Gasteiger charge is -2.06. The lowest BCUT2D eigenvalue weighted by molar-refractivity contribution is 0.956. The Morgan fingerprint density at radius 2 is 1.95 bits per heavy atom. The monoisotopic (exact) mass is 266 g/mol. The van der Waals surface area contributed by atoms with Gasteiger partial charge < -0.3 is 5.32 Å². The van der Waals surface area contributed by atoms with Crippen LogP contribution in [-0.4, -0.2) is 22.5 Å². The number of nitrogens with one attached hydrogen (secondary N) is 2. The van der Waals surface area contributed by atoms with Gasteiger partial charge in [0.05, 0.1) is 18.1 Å². The Kier molecular flexibility index (Phi) is 5.05. The molecule has 1 aromatic carbocycles. The highest BCUT2D eigenvalue weighted by molar-refractivity contribution is 5.94. The number of hydrogen-bond donors (Lipinski definition) is 2. The van der Waals surface area contributed by atoms with Crippen molar-refractivity contribution in [2.45, 2.75) is 6.42 Å². The van der Waals surface area contributed by atoms with Gasteiger partial charge in [-0.2, -0.15) is 5.26 Å². The lowest BCUT2D eigenvalue weighted by Crippen LogP contribution is -2.27. The van der Waals surface area contributed by atoms with E-state index in [1.54, 1.807) is 12.4 Å². The van der Waals surface area contributed by atoms with Crippen LogP contribution in [0.25, 0.3) is 0 Å². The number of anilines is 1. The minimum Gasteiger partial charge on any atom is -0.323 e. The fraction of sp³-hybridized carbons (Fsp3) is 0.143. The van der Waals surface area contributed by atoms with Crippen LogP contribution < -0.4 is 10.6 Å². The Hall–Kier alpha value is -2.94. The van der Waals surface area contributed by atoms with E-state index in [1.165, 1.54) is 11.9 Å². The highest BCUT2D eigenvalue weighted by atomic mass is 15.2. The molecular formula is C14H14N6. The zero-order chi connectivity index (χ0) is 14.0. The van der Waals surface area contributed by atoms with Gasteiger partial charge in [-0.1, -0.05) is 30.3 Å². The summed E-state index contributed by atoms with van der Waals surface area (Å²) in [6.45, 7) is 0.578. The van der Waals surface area contributed by atoms with Crippen LogP contribution in [0.3, 0.4) is 0 Å². The number of benzene rings is 1. The second-order valence-electron chi connectivity index (χ2n) is 3.95. The molecular weight excluding hydrogens is 252 g/mol. The summed E-state index contributed by atoms with van der Waals surface area (Å²) >= 11 is 0. The van der Waals surface area contributed by atoms with E-state index in [-0.39, 0.29) is 0 Å². The molecule has 20 heavy (non-hydrogen) atoms. The van der Waals surface area contributed by atoms with Gasteiger partial charge >= 0.3 is 0 Å². The van der Waals surface area contributed by atoms with E-state index in [1.807, 2.05) is 36.5 Å². The van der Waals surface area contributed by atoms with E-state index in [9.17, 15) is 0 Å². The Bertz CT molecular complexity index is 588. The summed E-state index contributed by atoms with van der Waals surface area (Å²) in [6.07, 6.45) is 7.32. The smallest absolute Gasteiger partial charge is 0.209 e. The number of aliphatic imine (C=N–C) groups is 1. The van der Waals surface area contributed by atoms with E-state index in [2.05, 4.69) is 25.6 Å². The van der Waals surface area contributed by atoms with Crippen molar-refractivity contribution in [3.8, 4) is 6.19 Å². The Morgan fingerprint density at radius 1 is 1.20 bits per heavy atom. The zero-order valence-corrected chi connectivity index (χ0v) is 10.8. The molecule has 0 unspecified atom stereocenters. The zero-order valence-electron chi connectivity index (χ0n) is 10.8. The summed E-state index contributed by atoms with van der Waals surface area (Å²) in [4.78, 5) is 12.1. The largest absolute Gasteiger partial charge is 0.323 e. The third-order valence-corrected chi connectivity index (χ3v) is 2.51. The molecule has 0 atom stereocenters. The fourth-order valence-electron chi connectivity index (χ4n) is 1.61. The number of guanidine groups is 1. The van der Waals surface area contributed by atoms with Crippen molar-refractivity contribution in [1.29, 1.82) is 5.26 Å². The molecule has 0 spiro atoms. The van der Waals surface area contributed by atoms with Crippen molar-refractivity contribution in [1.82, 2.24) is 15.3 Å². The summed E-state index contributed by atoms with van der Waals surface area (Å²) < 4.78 is 0. The molecule has 0 amide bonds. The topological polar surface area (TPSA) is 86.0 Å². The lowest BCUT2D eigenvalue weighted by atomic mass is 10.2. The highest BCUT2D eigenvalue weighted by Crippen LogP contribution is 2.01. The maximum absolute atomic E-state index is 8.72. The molecule has 0 aliphatic heterocycles. The average Bonchev–Trinajstić information content (AvgIpc) is 2.49. The van der Waals surface area contributed by atoms with Crippen LogP contribution in [0.4, 0.5) is 5.69 Å². The van der Waals surface area contributed by atoms with E-state index in [0.29, 0.717) is 18.2 Å². The van der Waals surface area contributed by atoms with Crippen molar-refractivity contribution < 1.29 is 0 Å².